The summed E-state index contributed by atoms with van der Waals surface area (Å²) in [5.74, 6) is 0.782. The summed E-state index contributed by atoms with van der Waals surface area (Å²) in [6, 6.07) is 8.89. The van der Waals surface area contributed by atoms with E-state index in [0.717, 1.165) is 5.92 Å². The third-order valence-electron chi connectivity index (χ3n) is 6.64. The van der Waals surface area contributed by atoms with Gasteiger partial charge in [-0.2, -0.15) is 0 Å². The van der Waals surface area contributed by atoms with E-state index < -0.39 is 0 Å². The van der Waals surface area contributed by atoms with E-state index in [1.54, 1.807) is 11.3 Å². The van der Waals surface area contributed by atoms with Crippen molar-refractivity contribution in [3.8, 4) is 0 Å². The Hall–Kier alpha value is -1.24. The Balaban J connectivity index is 1.28. The fourth-order valence-corrected chi connectivity index (χ4v) is 5.03. The van der Waals surface area contributed by atoms with Gasteiger partial charge in [-0.15, -0.1) is 0 Å². The highest BCUT2D eigenvalue weighted by molar-refractivity contribution is 5.85. The molecule has 0 spiro atoms. The zero-order valence-corrected chi connectivity index (χ0v) is 17.7. The minimum Gasteiger partial charge on any atom is -0.358 e. The largest absolute Gasteiger partial charge is 0.358 e. The highest BCUT2D eigenvalue weighted by Gasteiger charge is 2.23. The van der Waals surface area contributed by atoms with Crippen LogP contribution in [0.5, 0.6) is 0 Å². The molecule has 3 rings (SSSR count). The highest BCUT2D eigenvalue weighted by Crippen LogP contribution is 2.38. The molecule has 0 bridgehead atoms. The lowest BCUT2D eigenvalue weighted by atomic mass is 9.83. The number of hydrogen-bond donors (Lipinski definition) is 1. The number of aromatic nitrogens is 1. The fourth-order valence-electron chi connectivity index (χ4n) is 5.03. The van der Waals surface area contributed by atoms with Crippen LogP contribution in [0.4, 0.5) is 0 Å². The van der Waals surface area contributed by atoms with E-state index in [1.165, 1.54) is 114 Å². The molecule has 0 aliphatic heterocycles. The van der Waals surface area contributed by atoms with Gasteiger partial charge in [0, 0.05) is 16.6 Å². The van der Waals surface area contributed by atoms with Gasteiger partial charge in [-0.05, 0) is 43.2 Å². The van der Waals surface area contributed by atoms with Crippen LogP contribution in [0.3, 0.4) is 0 Å². The first-order chi connectivity index (χ1) is 13.4. The van der Waals surface area contributed by atoms with E-state index in [4.69, 9.17) is 0 Å². The molecule has 2 aromatic rings. The number of fused-ring (bicyclic) bond motifs is 3. The van der Waals surface area contributed by atoms with Gasteiger partial charge in [-0.1, -0.05) is 102 Å². The predicted molar refractivity (Wildman–Crippen MR) is 120 cm³/mol. The number of aryl methyl sites for hydroxylation is 1. The molecule has 1 aliphatic carbocycles. The van der Waals surface area contributed by atoms with E-state index in [1.807, 2.05) is 0 Å². The standard InChI is InChI=1S/C26H41N/c1-2-3-4-5-6-7-8-9-10-11-12-13-17-22-18-16-20-24-23-19-14-15-21-25(23)27-26(22)24/h14-15,19,21-22,27H,2-13,16-18,20H2,1H3. The van der Waals surface area contributed by atoms with Crippen molar-refractivity contribution < 1.29 is 0 Å². The third kappa shape index (κ3) is 6.13. The van der Waals surface area contributed by atoms with E-state index in [0.29, 0.717) is 0 Å². The highest BCUT2D eigenvalue weighted by atomic mass is 14.7. The number of hydrogen-bond acceptors (Lipinski definition) is 0. The first kappa shape index (κ1) is 20.5. The molecule has 0 saturated heterocycles. The molecule has 150 valence electrons. The molecular weight excluding hydrogens is 326 g/mol. The second kappa shape index (κ2) is 11.6. The van der Waals surface area contributed by atoms with Gasteiger partial charge in [-0.3, -0.25) is 0 Å². The van der Waals surface area contributed by atoms with Crippen molar-refractivity contribution in [3.63, 3.8) is 0 Å². The quantitative estimate of drug-likeness (QED) is 0.341. The predicted octanol–water partition coefficient (Wildman–Crippen LogP) is 8.68. The van der Waals surface area contributed by atoms with Crippen molar-refractivity contribution in [1.29, 1.82) is 0 Å². The number of rotatable bonds is 13. The maximum Gasteiger partial charge on any atom is 0.0459 e. The van der Waals surface area contributed by atoms with Crippen molar-refractivity contribution in [2.45, 2.75) is 116 Å². The van der Waals surface area contributed by atoms with Gasteiger partial charge in [0.05, 0.1) is 0 Å². The smallest absolute Gasteiger partial charge is 0.0459 e. The summed E-state index contributed by atoms with van der Waals surface area (Å²) in [5.41, 5.74) is 4.55. The molecule has 1 aromatic heterocycles. The Morgan fingerprint density at radius 1 is 0.815 bits per heavy atom. The average molecular weight is 368 g/mol. The van der Waals surface area contributed by atoms with Crippen molar-refractivity contribution in [2.75, 3.05) is 0 Å². The molecule has 0 fully saturated rings. The van der Waals surface area contributed by atoms with Crippen molar-refractivity contribution in [2.24, 2.45) is 0 Å². The normalized spacial score (nSPS) is 16.7. The topological polar surface area (TPSA) is 15.8 Å². The average Bonchev–Trinajstić information content (AvgIpc) is 3.08. The third-order valence-corrected chi connectivity index (χ3v) is 6.64. The molecule has 0 saturated carbocycles. The van der Waals surface area contributed by atoms with Crippen LogP contribution < -0.4 is 0 Å². The van der Waals surface area contributed by atoms with Gasteiger partial charge >= 0.3 is 0 Å². The second-order valence-electron chi connectivity index (χ2n) is 8.83. The van der Waals surface area contributed by atoms with E-state index >= 15 is 0 Å². The summed E-state index contributed by atoms with van der Waals surface area (Å²) in [6.07, 6.45) is 22.7. The number of para-hydroxylation sites is 1. The summed E-state index contributed by atoms with van der Waals surface area (Å²) < 4.78 is 0. The number of H-pyrrole nitrogens is 1. The Labute approximate surface area is 167 Å². The van der Waals surface area contributed by atoms with Crippen LogP contribution in [0.25, 0.3) is 10.9 Å². The van der Waals surface area contributed by atoms with Crippen LogP contribution >= 0.6 is 0 Å². The summed E-state index contributed by atoms with van der Waals surface area (Å²) >= 11 is 0. The lowest BCUT2D eigenvalue weighted by Gasteiger charge is -2.22. The first-order valence-corrected chi connectivity index (χ1v) is 12.0. The Bertz CT molecular complexity index is 653. The van der Waals surface area contributed by atoms with Gasteiger partial charge < -0.3 is 4.98 Å². The van der Waals surface area contributed by atoms with Crippen molar-refractivity contribution in [1.82, 2.24) is 4.98 Å². The van der Waals surface area contributed by atoms with Crippen molar-refractivity contribution in [3.05, 3.63) is 35.5 Å². The zero-order valence-electron chi connectivity index (χ0n) is 17.7. The number of aromatic amines is 1. The molecular formula is C26H41N. The molecule has 1 N–H and O–H groups in total. The Morgan fingerprint density at radius 2 is 1.44 bits per heavy atom. The van der Waals surface area contributed by atoms with Gasteiger partial charge in [-0.25, -0.2) is 0 Å². The Morgan fingerprint density at radius 3 is 2.15 bits per heavy atom. The molecule has 1 heterocycles. The number of benzene rings is 1. The summed E-state index contributed by atoms with van der Waals surface area (Å²) in [5, 5.41) is 1.48. The van der Waals surface area contributed by atoms with E-state index in [-0.39, 0.29) is 0 Å². The second-order valence-corrected chi connectivity index (χ2v) is 8.83. The minimum absolute atomic E-state index is 0.782. The molecule has 27 heavy (non-hydrogen) atoms. The molecule has 0 amide bonds. The van der Waals surface area contributed by atoms with Crippen LogP contribution in [-0.2, 0) is 6.42 Å². The van der Waals surface area contributed by atoms with Crippen molar-refractivity contribution >= 4 is 10.9 Å². The molecule has 1 aliphatic rings. The fraction of sp³-hybridized carbons (Fsp3) is 0.692. The van der Waals surface area contributed by atoms with Crippen LogP contribution in [0.1, 0.15) is 120 Å². The monoisotopic (exact) mass is 367 g/mol. The lowest BCUT2D eigenvalue weighted by molar-refractivity contribution is 0.475. The molecule has 1 nitrogen and oxygen atoms in total. The van der Waals surface area contributed by atoms with Gasteiger partial charge in [0.2, 0.25) is 0 Å². The minimum atomic E-state index is 0.782. The molecule has 1 unspecified atom stereocenters. The molecule has 0 radical (unpaired) electrons. The van der Waals surface area contributed by atoms with E-state index in [9.17, 15) is 0 Å². The van der Waals surface area contributed by atoms with Crippen LogP contribution in [0.15, 0.2) is 24.3 Å². The van der Waals surface area contributed by atoms with E-state index in [2.05, 4.69) is 36.2 Å². The van der Waals surface area contributed by atoms with Crippen LogP contribution in [0, 0.1) is 0 Å². The molecule has 1 atom stereocenters. The van der Waals surface area contributed by atoms with Gasteiger partial charge in [0.15, 0.2) is 0 Å². The van der Waals surface area contributed by atoms with Gasteiger partial charge in [0.25, 0.3) is 0 Å². The molecule has 1 heteroatoms. The summed E-state index contributed by atoms with van der Waals surface area (Å²) in [6.45, 7) is 2.30. The first-order valence-electron chi connectivity index (χ1n) is 12.0. The maximum atomic E-state index is 3.76. The van der Waals surface area contributed by atoms with Crippen LogP contribution in [-0.4, -0.2) is 4.98 Å². The van der Waals surface area contributed by atoms with Gasteiger partial charge in [0.1, 0.15) is 0 Å². The lowest BCUT2D eigenvalue weighted by Crippen LogP contribution is -2.09. The van der Waals surface area contributed by atoms with Crippen LogP contribution in [0.2, 0.25) is 0 Å². The Kier molecular flexibility index (Phi) is 8.78. The summed E-state index contributed by atoms with van der Waals surface area (Å²) in [7, 11) is 0. The molecule has 1 aromatic carbocycles. The number of nitrogens with one attached hydrogen (secondary N) is 1. The SMILES string of the molecule is CCCCCCCCCCCCCCC1CCCc2c1[nH]c1ccccc21. The number of unbranched alkanes of at least 4 members (excludes halogenated alkanes) is 11. The zero-order chi connectivity index (χ0) is 18.7. The summed E-state index contributed by atoms with van der Waals surface area (Å²) in [4.78, 5) is 3.76. The maximum absolute atomic E-state index is 3.76.